The summed E-state index contributed by atoms with van der Waals surface area (Å²) in [6.07, 6.45) is 1.40. The van der Waals surface area contributed by atoms with Crippen molar-refractivity contribution in [3.05, 3.63) is 35.7 Å². The molecule has 0 aliphatic heterocycles. The highest BCUT2D eigenvalue weighted by molar-refractivity contribution is 5.27. The fraction of sp³-hybridized carbons (Fsp3) is 0.333. The van der Waals surface area contributed by atoms with Crippen molar-refractivity contribution in [3.8, 4) is 5.75 Å². The Balaban J connectivity index is 1.79. The molecule has 0 fully saturated rings. The number of nitrogens with zero attached hydrogens (tertiary/aromatic N) is 2. The van der Waals surface area contributed by atoms with Crippen LogP contribution in [0.2, 0.25) is 0 Å². The second-order valence-electron chi connectivity index (χ2n) is 3.88. The van der Waals surface area contributed by atoms with Gasteiger partial charge in [-0.05, 0) is 24.1 Å². The molecule has 2 aromatic rings. The lowest BCUT2D eigenvalue weighted by Gasteiger charge is -2.02. The maximum atomic E-state index is 9.15. The SMILES string of the molecule is NCCc1nnc(NCCc2ccc(O)cc2)o1. The van der Waals surface area contributed by atoms with Gasteiger partial charge in [0.15, 0.2) is 0 Å². The zero-order valence-electron chi connectivity index (χ0n) is 9.97. The van der Waals surface area contributed by atoms with E-state index >= 15 is 0 Å². The Labute approximate surface area is 105 Å². The first kappa shape index (κ1) is 12.4. The lowest BCUT2D eigenvalue weighted by molar-refractivity contribution is 0.475. The van der Waals surface area contributed by atoms with E-state index in [0.29, 0.717) is 31.4 Å². The number of benzene rings is 1. The van der Waals surface area contributed by atoms with Crippen LogP contribution in [0.4, 0.5) is 6.01 Å². The summed E-state index contributed by atoms with van der Waals surface area (Å²) in [4.78, 5) is 0. The van der Waals surface area contributed by atoms with Gasteiger partial charge >= 0.3 is 6.01 Å². The molecular formula is C12H16N4O2. The molecular weight excluding hydrogens is 232 g/mol. The summed E-state index contributed by atoms with van der Waals surface area (Å²) in [7, 11) is 0. The van der Waals surface area contributed by atoms with E-state index in [0.717, 1.165) is 12.0 Å². The molecule has 4 N–H and O–H groups in total. The molecule has 1 aromatic carbocycles. The Bertz CT molecular complexity index is 481. The van der Waals surface area contributed by atoms with Gasteiger partial charge in [0.1, 0.15) is 5.75 Å². The van der Waals surface area contributed by atoms with E-state index in [2.05, 4.69) is 15.5 Å². The van der Waals surface area contributed by atoms with E-state index in [1.807, 2.05) is 12.1 Å². The summed E-state index contributed by atoms with van der Waals surface area (Å²) in [5.41, 5.74) is 6.52. The molecule has 2 rings (SSSR count). The number of anilines is 1. The Morgan fingerprint density at radius 2 is 1.94 bits per heavy atom. The molecule has 0 aliphatic carbocycles. The average Bonchev–Trinajstić information content (AvgIpc) is 2.80. The summed E-state index contributed by atoms with van der Waals surface area (Å²) >= 11 is 0. The molecule has 1 aromatic heterocycles. The van der Waals surface area contributed by atoms with Gasteiger partial charge in [-0.3, -0.25) is 0 Å². The number of nitrogens with one attached hydrogen (secondary N) is 1. The van der Waals surface area contributed by atoms with Crippen LogP contribution in [0.3, 0.4) is 0 Å². The standard InChI is InChI=1S/C12H16N4O2/c13-7-5-11-15-16-12(18-11)14-8-6-9-1-3-10(17)4-2-9/h1-4,17H,5-8,13H2,(H,14,16). The third-order valence-electron chi connectivity index (χ3n) is 2.45. The monoisotopic (exact) mass is 248 g/mol. The van der Waals surface area contributed by atoms with E-state index in [1.165, 1.54) is 0 Å². The molecule has 0 radical (unpaired) electrons. The molecule has 0 amide bonds. The van der Waals surface area contributed by atoms with Gasteiger partial charge in [0.05, 0.1) is 0 Å². The lowest BCUT2D eigenvalue weighted by atomic mass is 10.1. The molecule has 0 saturated heterocycles. The Kier molecular flexibility index (Phi) is 4.14. The fourth-order valence-electron chi connectivity index (χ4n) is 1.53. The highest BCUT2D eigenvalue weighted by atomic mass is 16.4. The van der Waals surface area contributed by atoms with Crippen LogP contribution in [0.1, 0.15) is 11.5 Å². The van der Waals surface area contributed by atoms with Crippen molar-refractivity contribution in [2.75, 3.05) is 18.4 Å². The molecule has 0 bridgehead atoms. The molecule has 0 aliphatic rings. The van der Waals surface area contributed by atoms with Crippen molar-refractivity contribution in [2.45, 2.75) is 12.8 Å². The first-order valence-corrected chi connectivity index (χ1v) is 5.82. The summed E-state index contributed by atoms with van der Waals surface area (Å²) in [5, 5.41) is 19.9. The van der Waals surface area contributed by atoms with Crippen LogP contribution in [0, 0.1) is 0 Å². The number of nitrogens with two attached hydrogens (primary N) is 1. The van der Waals surface area contributed by atoms with E-state index in [-0.39, 0.29) is 5.75 Å². The van der Waals surface area contributed by atoms with Crippen LogP contribution in [0.25, 0.3) is 0 Å². The summed E-state index contributed by atoms with van der Waals surface area (Å²) in [6, 6.07) is 7.51. The van der Waals surface area contributed by atoms with Crippen LogP contribution in [-0.4, -0.2) is 28.4 Å². The lowest BCUT2D eigenvalue weighted by Crippen LogP contribution is -2.05. The largest absolute Gasteiger partial charge is 0.508 e. The Morgan fingerprint density at radius 3 is 2.67 bits per heavy atom. The maximum Gasteiger partial charge on any atom is 0.315 e. The smallest absolute Gasteiger partial charge is 0.315 e. The number of rotatable bonds is 6. The molecule has 6 nitrogen and oxygen atoms in total. The topological polar surface area (TPSA) is 97.2 Å². The number of hydrogen-bond donors (Lipinski definition) is 3. The molecule has 1 heterocycles. The van der Waals surface area contributed by atoms with E-state index in [9.17, 15) is 0 Å². The molecule has 0 spiro atoms. The number of hydrogen-bond acceptors (Lipinski definition) is 6. The highest BCUT2D eigenvalue weighted by Crippen LogP contribution is 2.10. The van der Waals surface area contributed by atoms with Gasteiger partial charge in [0, 0.05) is 19.5 Å². The summed E-state index contributed by atoms with van der Waals surface area (Å²) in [6.45, 7) is 1.18. The zero-order valence-corrected chi connectivity index (χ0v) is 9.97. The zero-order chi connectivity index (χ0) is 12.8. The van der Waals surface area contributed by atoms with E-state index < -0.39 is 0 Å². The average molecular weight is 248 g/mol. The highest BCUT2D eigenvalue weighted by Gasteiger charge is 2.04. The van der Waals surface area contributed by atoms with Crippen LogP contribution in [0.15, 0.2) is 28.7 Å². The molecule has 0 unspecified atom stereocenters. The fourth-order valence-corrected chi connectivity index (χ4v) is 1.53. The number of aromatic hydroxyl groups is 1. The van der Waals surface area contributed by atoms with Gasteiger partial charge in [-0.15, -0.1) is 5.10 Å². The number of phenols is 1. The molecule has 96 valence electrons. The van der Waals surface area contributed by atoms with Crippen molar-refractivity contribution in [1.29, 1.82) is 0 Å². The summed E-state index contributed by atoms with van der Waals surface area (Å²) in [5.74, 6) is 0.819. The van der Waals surface area contributed by atoms with E-state index in [1.54, 1.807) is 12.1 Å². The van der Waals surface area contributed by atoms with Gasteiger partial charge in [0.25, 0.3) is 0 Å². The van der Waals surface area contributed by atoms with Crippen molar-refractivity contribution in [1.82, 2.24) is 10.2 Å². The first-order valence-electron chi connectivity index (χ1n) is 5.82. The third kappa shape index (κ3) is 3.46. The minimum atomic E-state index is 0.273. The quantitative estimate of drug-likeness (QED) is 0.703. The summed E-state index contributed by atoms with van der Waals surface area (Å²) < 4.78 is 5.33. The molecule has 0 saturated carbocycles. The number of phenolic OH excluding ortho intramolecular Hbond substituents is 1. The van der Waals surface area contributed by atoms with Gasteiger partial charge in [0.2, 0.25) is 5.89 Å². The third-order valence-corrected chi connectivity index (χ3v) is 2.45. The number of aromatic nitrogens is 2. The molecule has 0 atom stereocenters. The minimum absolute atomic E-state index is 0.273. The van der Waals surface area contributed by atoms with Crippen LogP contribution >= 0.6 is 0 Å². The maximum absolute atomic E-state index is 9.15. The second-order valence-corrected chi connectivity index (χ2v) is 3.88. The van der Waals surface area contributed by atoms with Crippen LogP contribution in [0.5, 0.6) is 5.75 Å². The Morgan fingerprint density at radius 1 is 1.17 bits per heavy atom. The van der Waals surface area contributed by atoms with Gasteiger partial charge < -0.3 is 20.6 Å². The van der Waals surface area contributed by atoms with Crippen LogP contribution < -0.4 is 11.1 Å². The predicted octanol–water partition coefficient (Wildman–Crippen LogP) is 0.931. The Hall–Kier alpha value is -2.08. The van der Waals surface area contributed by atoms with Gasteiger partial charge in [-0.1, -0.05) is 17.2 Å². The predicted molar refractivity (Wildman–Crippen MR) is 67.4 cm³/mol. The normalized spacial score (nSPS) is 10.5. The van der Waals surface area contributed by atoms with Gasteiger partial charge in [-0.25, -0.2) is 0 Å². The van der Waals surface area contributed by atoms with Gasteiger partial charge in [-0.2, -0.15) is 0 Å². The second kappa shape index (κ2) is 6.02. The van der Waals surface area contributed by atoms with Crippen molar-refractivity contribution >= 4 is 6.01 Å². The van der Waals surface area contributed by atoms with Crippen molar-refractivity contribution in [2.24, 2.45) is 5.73 Å². The van der Waals surface area contributed by atoms with Crippen molar-refractivity contribution in [3.63, 3.8) is 0 Å². The molecule has 6 heteroatoms. The minimum Gasteiger partial charge on any atom is -0.508 e. The van der Waals surface area contributed by atoms with Crippen molar-refractivity contribution < 1.29 is 9.52 Å². The van der Waals surface area contributed by atoms with E-state index in [4.69, 9.17) is 15.3 Å². The van der Waals surface area contributed by atoms with Crippen LogP contribution in [-0.2, 0) is 12.8 Å². The first-order chi connectivity index (χ1) is 8.78. The molecule has 18 heavy (non-hydrogen) atoms.